The third-order valence-corrected chi connectivity index (χ3v) is 4.30. The van der Waals surface area contributed by atoms with Crippen LogP contribution in [0.15, 0.2) is 45.8 Å². The zero-order chi connectivity index (χ0) is 15.4. The van der Waals surface area contributed by atoms with Gasteiger partial charge in [-0.25, -0.2) is 8.78 Å². The lowest BCUT2D eigenvalue weighted by Crippen LogP contribution is -2.15. The molecule has 2 nitrogen and oxygen atoms in total. The van der Waals surface area contributed by atoms with Crippen LogP contribution in [0.1, 0.15) is 5.56 Å². The van der Waals surface area contributed by atoms with E-state index in [0.717, 1.165) is 22.6 Å². The van der Waals surface area contributed by atoms with E-state index in [9.17, 15) is 13.6 Å². The number of thioether (sulfide) groups is 1. The third-order valence-electron chi connectivity index (χ3n) is 2.66. The summed E-state index contributed by atoms with van der Waals surface area (Å²) >= 11 is 4.38. The van der Waals surface area contributed by atoms with E-state index in [4.69, 9.17) is 0 Å². The molecule has 0 aliphatic rings. The summed E-state index contributed by atoms with van der Waals surface area (Å²) in [6.07, 6.45) is 0. The quantitative estimate of drug-likeness (QED) is 0.784. The third kappa shape index (κ3) is 4.54. The molecule has 0 aliphatic heterocycles. The minimum Gasteiger partial charge on any atom is -0.322 e. The number of hydrogen-bond donors (Lipinski definition) is 1. The number of halogens is 3. The summed E-state index contributed by atoms with van der Waals surface area (Å²) in [7, 11) is 0. The molecular formula is C15H12BrF2NOS. The van der Waals surface area contributed by atoms with E-state index in [0.29, 0.717) is 0 Å². The molecule has 0 fully saturated rings. The molecule has 1 amide bonds. The number of carbonyl (C=O) groups is 1. The van der Waals surface area contributed by atoms with Gasteiger partial charge in [0.25, 0.3) is 0 Å². The molecule has 2 rings (SSSR count). The van der Waals surface area contributed by atoms with Gasteiger partial charge in [-0.1, -0.05) is 17.7 Å². The Labute approximate surface area is 134 Å². The predicted octanol–water partition coefficient (Wildman–Crippen LogP) is 4.77. The van der Waals surface area contributed by atoms with Crippen molar-refractivity contribution in [3.8, 4) is 0 Å². The van der Waals surface area contributed by atoms with Gasteiger partial charge in [0.15, 0.2) is 5.82 Å². The van der Waals surface area contributed by atoms with Crippen LogP contribution in [0, 0.1) is 18.6 Å². The number of amides is 1. The lowest BCUT2D eigenvalue weighted by molar-refractivity contribution is -0.113. The highest BCUT2D eigenvalue weighted by Crippen LogP contribution is 2.27. The maximum Gasteiger partial charge on any atom is 0.234 e. The Bertz CT molecular complexity index is 638. The zero-order valence-corrected chi connectivity index (χ0v) is 13.5. The molecule has 2 aromatic rings. The van der Waals surface area contributed by atoms with E-state index in [1.165, 1.54) is 11.8 Å². The molecule has 1 N–H and O–H groups in total. The highest BCUT2D eigenvalue weighted by atomic mass is 79.9. The fourth-order valence-electron chi connectivity index (χ4n) is 1.62. The topological polar surface area (TPSA) is 29.1 Å². The van der Waals surface area contributed by atoms with Crippen LogP contribution in [0.3, 0.4) is 0 Å². The Morgan fingerprint density at radius 1 is 1.24 bits per heavy atom. The molecule has 21 heavy (non-hydrogen) atoms. The molecule has 0 atom stereocenters. The van der Waals surface area contributed by atoms with Gasteiger partial charge in [0.05, 0.1) is 11.4 Å². The van der Waals surface area contributed by atoms with Crippen LogP contribution in [-0.2, 0) is 4.79 Å². The Balaban J connectivity index is 1.97. The molecule has 0 radical (unpaired) electrons. The highest BCUT2D eigenvalue weighted by Gasteiger charge is 2.12. The first-order valence-corrected chi connectivity index (χ1v) is 7.87. The van der Waals surface area contributed by atoms with Gasteiger partial charge >= 0.3 is 0 Å². The Kier molecular flexibility index (Phi) is 5.36. The Morgan fingerprint density at radius 2 is 1.90 bits per heavy atom. The molecule has 6 heteroatoms. The standard InChI is InChI=1S/C15H12BrF2NOS/c1-9-2-4-11(5-3-9)21-8-14(20)19-15-12(16)6-10(17)7-13(15)18/h2-7H,8H2,1H3,(H,19,20). The van der Waals surface area contributed by atoms with E-state index < -0.39 is 11.6 Å². The largest absolute Gasteiger partial charge is 0.322 e. The number of aryl methyl sites for hydroxylation is 1. The molecule has 0 saturated carbocycles. The van der Waals surface area contributed by atoms with Gasteiger partial charge in [-0.3, -0.25) is 4.79 Å². The molecule has 0 heterocycles. The molecule has 0 spiro atoms. The monoisotopic (exact) mass is 371 g/mol. The normalized spacial score (nSPS) is 10.5. The molecular weight excluding hydrogens is 360 g/mol. The molecule has 0 saturated heterocycles. The minimum atomic E-state index is -0.810. The van der Waals surface area contributed by atoms with Gasteiger partial charge in [0.1, 0.15) is 5.82 Å². The van der Waals surface area contributed by atoms with Crippen LogP contribution in [0.5, 0.6) is 0 Å². The van der Waals surface area contributed by atoms with Crippen LogP contribution >= 0.6 is 27.7 Å². The van der Waals surface area contributed by atoms with Crippen molar-refractivity contribution in [2.24, 2.45) is 0 Å². The zero-order valence-electron chi connectivity index (χ0n) is 11.1. The van der Waals surface area contributed by atoms with Gasteiger partial charge in [0.2, 0.25) is 5.91 Å². The smallest absolute Gasteiger partial charge is 0.234 e. The van der Waals surface area contributed by atoms with Gasteiger partial charge in [-0.2, -0.15) is 0 Å². The number of benzene rings is 2. The van der Waals surface area contributed by atoms with Crippen LogP contribution in [0.4, 0.5) is 14.5 Å². The van der Waals surface area contributed by atoms with E-state index in [1.807, 2.05) is 31.2 Å². The number of hydrogen-bond acceptors (Lipinski definition) is 2. The number of nitrogens with one attached hydrogen (secondary N) is 1. The van der Waals surface area contributed by atoms with E-state index in [2.05, 4.69) is 21.2 Å². The molecule has 0 aromatic heterocycles. The lowest BCUT2D eigenvalue weighted by atomic mass is 10.2. The fourth-order valence-corrected chi connectivity index (χ4v) is 2.83. The first kappa shape index (κ1) is 16.0. The van der Waals surface area contributed by atoms with Crippen molar-refractivity contribution in [3.63, 3.8) is 0 Å². The Morgan fingerprint density at radius 3 is 2.52 bits per heavy atom. The Hall–Kier alpha value is -1.40. The average Bonchev–Trinajstić information content (AvgIpc) is 2.42. The van der Waals surface area contributed by atoms with Gasteiger partial charge in [0, 0.05) is 15.4 Å². The second-order valence-electron chi connectivity index (χ2n) is 4.39. The summed E-state index contributed by atoms with van der Waals surface area (Å²) in [5.41, 5.74) is 1.09. The van der Waals surface area contributed by atoms with Crippen molar-refractivity contribution in [3.05, 3.63) is 58.1 Å². The summed E-state index contributed by atoms with van der Waals surface area (Å²) in [6.45, 7) is 1.98. The van der Waals surface area contributed by atoms with Crippen LogP contribution in [0.2, 0.25) is 0 Å². The average molecular weight is 372 g/mol. The van der Waals surface area contributed by atoms with Crippen LogP contribution < -0.4 is 5.32 Å². The summed E-state index contributed by atoms with van der Waals surface area (Å²) in [4.78, 5) is 12.8. The van der Waals surface area contributed by atoms with E-state index in [-0.39, 0.29) is 21.8 Å². The second kappa shape index (κ2) is 7.04. The van der Waals surface area contributed by atoms with E-state index >= 15 is 0 Å². The van der Waals surface area contributed by atoms with Crippen molar-refractivity contribution >= 4 is 39.3 Å². The molecule has 0 unspecified atom stereocenters. The van der Waals surface area contributed by atoms with Crippen molar-refractivity contribution in [1.29, 1.82) is 0 Å². The molecule has 0 aliphatic carbocycles. The number of carbonyl (C=O) groups excluding carboxylic acids is 1. The fraction of sp³-hybridized carbons (Fsp3) is 0.133. The van der Waals surface area contributed by atoms with Crippen molar-refractivity contribution in [1.82, 2.24) is 0 Å². The maximum absolute atomic E-state index is 13.6. The SMILES string of the molecule is Cc1ccc(SCC(=O)Nc2c(F)cc(F)cc2Br)cc1. The van der Waals surface area contributed by atoms with Gasteiger partial charge in [-0.05, 0) is 41.1 Å². The summed E-state index contributed by atoms with van der Waals surface area (Å²) < 4.78 is 26.7. The highest BCUT2D eigenvalue weighted by molar-refractivity contribution is 9.10. The van der Waals surface area contributed by atoms with Crippen LogP contribution in [0.25, 0.3) is 0 Å². The van der Waals surface area contributed by atoms with Crippen molar-refractivity contribution in [2.45, 2.75) is 11.8 Å². The predicted molar refractivity (Wildman–Crippen MR) is 84.6 cm³/mol. The minimum absolute atomic E-state index is 0.0501. The van der Waals surface area contributed by atoms with Crippen molar-refractivity contribution < 1.29 is 13.6 Å². The summed E-state index contributed by atoms with van der Waals surface area (Å²) in [5, 5.41) is 2.44. The molecule has 2 aromatic carbocycles. The lowest BCUT2D eigenvalue weighted by Gasteiger charge is -2.09. The van der Waals surface area contributed by atoms with Crippen LogP contribution in [-0.4, -0.2) is 11.7 Å². The number of rotatable bonds is 4. The summed E-state index contributed by atoms with van der Waals surface area (Å²) in [5.74, 6) is -1.72. The summed E-state index contributed by atoms with van der Waals surface area (Å²) in [6, 6.07) is 9.58. The first-order chi connectivity index (χ1) is 9.95. The molecule has 110 valence electrons. The van der Waals surface area contributed by atoms with Gasteiger partial charge < -0.3 is 5.32 Å². The maximum atomic E-state index is 13.6. The number of anilines is 1. The first-order valence-electron chi connectivity index (χ1n) is 6.09. The van der Waals surface area contributed by atoms with Crippen molar-refractivity contribution in [2.75, 3.05) is 11.1 Å². The van der Waals surface area contributed by atoms with E-state index in [1.54, 1.807) is 0 Å². The molecule has 0 bridgehead atoms. The second-order valence-corrected chi connectivity index (χ2v) is 6.30. The van der Waals surface area contributed by atoms with Gasteiger partial charge in [-0.15, -0.1) is 11.8 Å².